The van der Waals surface area contributed by atoms with Crippen molar-refractivity contribution in [3.05, 3.63) is 36.0 Å². The maximum Gasteiger partial charge on any atom is 0.264 e. The summed E-state index contributed by atoms with van der Waals surface area (Å²) >= 11 is 0. The molecule has 0 unspecified atom stereocenters. The number of rotatable bonds is 8. The highest BCUT2D eigenvalue weighted by Crippen LogP contribution is 2.44. The molecule has 0 fully saturated rings. The maximum atomic E-state index is 11.1. The van der Waals surface area contributed by atoms with Crippen molar-refractivity contribution in [2.45, 2.75) is 64.6 Å². The molecule has 0 saturated carbocycles. The van der Waals surface area contributed by atoms with Crippen LogP contribution in [0.2, 0.25) is 16.6 Å². The summed E-state index contributed by atoms with van der Waals surface area (Å²) in [5, 5.41) is 1.22. The van der Waals surface area contributed by atoms with Crippen LogP contribution < -0.4 is 0 Å². The fourth-order valence-electron chi connectivity index (χ4n) is 4.83. The van der Waals surface area contributed by atoms with Crippen molar-refractivity contribution in [3.63, 3.8) is 0 Å². The van der Waals surface area contributed by atoms with E-state index in [-0.39, 0.29) is 6.61 Å². The predicted octanol–water partition coefficient (Wildman–Crippen LogP) is 5.18. The maximum absolute atomic E-state index is 11.1. The Kier molecular flexibility index (Phi) is 6.41. The van der Waals surface area contributed by atoms with E-state index >= 15 is 0 Å². The number of benzene rings is 1. The summed E-state index contributed by atoms with van der Waals surface area (Å²) in [6.07, 6.45) is 3.95. The molecule has 0 amide bonds. The van der Waals surface area contributed by atoms with Crippen molar-refractivity contribution in [2.24, 2.45) is 0 Å². The molecule has 0 aliphatic carbocycles. The first-order valence-corrected chi connectivity index (χ1v) is 13.4. The molecule has 1 aromatic heterocycles. The second-order valence-electron chi connectivity index (χ2n) is 8.21. The van der Waals surface area contributed by atoms with Gasteiger partial charge in [0.05, 0.1) is 12.9 Å². The average Bonchev–Trinajstić information content (AvgIpc) is 2.89. The summed E-state index contributed by atoms with van der Waals surface area (Å²) in [6, 6.07) is 8.66. The highest BCUT2D eigenvalue weighted by Gasteiger charge is 2.45. The molecule has 0 aliphatic heterocycles. The second-order valence-corrected chi connectivity index (χ2v) is 15.6. The molecule has 0 N–H and O–H groups in total. The van der Waals surface area contributed by atoms with Gasteiger partial charge in [-0.1, -0.05) is 47.6 Å². The van der Waals surface area contributed by atoms with Gasteiger partial charge in [0.1, 0.15) is 0 Å². The van der Waals surface area contributed by atoms with Gasteiger partial charge in [0.25, 0.3) is 10.1 Å². The van der Waals surface area contributed by atoms with E-state index in [0.717, 1.165) is 11.8 Å². The zero-order valence-corrected chi connectivity index (χ0v) is 18.9. The van der Waals surface area contributed by atoms with E-state index < -0.39 is 18.4 Å². The van der Waals surface area contributed by atoms with Crippen molar-refractivity contribution < 1.29 is 12.6 Å². The molecule has 0 saturated heterocycles. The topological polar surface area (TPSA) is 48.3 Å². The molecule has 6 heteroatoms. The van der Waals surface area contributed by atoms with Crippen LogP contribution in [0.4, 0.5) is 0 Å². The lowest BCUT2D eigenvalue weighted by atomic mass is 10.1. The van der Waals surface area contributed by atoms with E-state index in [4.69, 9.17) is 4.18 Å². The van der Waals surface area contributed by atoms with Crippen LogP contribution >= 0.6 is 0 Å². The molecule has 1 aromatic carbocycles. The SMILES string of the molecule is CC(C)[Si](C(C)C)(C(C)C)n1ccc2cc(CCOS(C)(=O)=O)ccc21. The van der Waals surface area contributed by atoms with Gasteiger partial charge in [-0.2, -0.15) is 8.42 Å². The van der Waals surface area contributed by atoms with Crippen LogP contribution in [0.25, 0.3) is 10.9 Å². The molecular formula is C20H33NO3SSi. The van der Waals surface area contributed by atoms with Gasteiger partial charge in [0.2, 0.25) is 0 Å². The molecule has 146 valence electrons. The molecule has 0 spiro atoms. The summed E-state index contributed by atoms with van der Waals surface area (Å²) in [4.78, 5) is 0. The van der Waals surface area contributed by atoms with E-state index in [1.165, 1.54) is 10.9 Å². The lowest BCUT2D eigenvalue weighted by molar-refractivity contribution is 0.326. The molecule has 1 heterocycles. The van der Waals surface area contributed by atoms with E-state index in [9.17, 15) is 8.42 Å². The van der Waals surface area contributed by atoms with E-state index in [1.54, 1.807) is 0 Å². The molecule has 0 aliphatic rings. The number of fused-ring (bicyclic) bond motifs is 1. The van der Waals surface area contributed by atoms with Gasteiger partial charge in [0, 0.05) is 5.52 Å². The molecule has 0 bridgehead atoms. The average molecular weight is 396 g/mol. The summed E-state index contributed by atoms with van der Waals surface area (Å²) in [5.41, 5.74) is 4.31. The Morgan fingerprint density at radius 2 is 1.58 bits per heavy atom. The van der Waals surface area contributed by atoms with Crippen LogP contribution in [0.1, 0.15) is 47.1 Å². The minimum absolute atomic E-state index is 0.188. The molecule has 0 atom stereocenters. The molecular weight excluding hydrogens is 362 g/mol. The van der Waals surface area contributed by atoms with Gasteiger partial charge in [-0.15, -0.1) is 0 Å². The Bertz CT molecular complexity index is 831. The minimum atomic E-state index is -3.38. The third kappa shape index (κ3) is 4.07. The minimum Gasteiger partial charge on any atom is -0.373 e. The Balaban J connectivity index is 2.42. The lowest BCUT2D eigenvalue weighted by Gasteiger charge is -2.44. The summed E-state index contributed by atoms with van der Waals surface area (Å²) < 4.78 is 29.7. The fourth-order valence-corrected chi connectivity index (χ4v) is 11.8. The Hall–Kier alpha value is -1.11. The third-order valence-corrected chi connectivity index (χ3v) is 13.0. The molecule has 26 heavy (non-hydrogen) atoms. The van der Waals surface area contributed by atoms with Crippen LogP contribution in [0.5, 0.6) is 0 Å². The summed E-state index contributed by atoms with van der Waals surface area (Å²) in [6.45, 7) is 14.4. The van der Waals surface area contributed by atoms with Gasteiger partial charge in [-0.05, 0) is 58.4 Å². The zero-order valence-electron chi connectivity index (χ0n) is 17.1. The summed E-state index contributed by atoms with van der Waals surface area (Å²) in [5.74, 6) is 0. The second kappa shape index (κ2) is 7.86. The quantitative estimate of drug-likeness (QED) is 0.457. The van der Waals surface area contributed by atoms with E-state index in [2.05, 4.69) is 76.2 Å². The molecule has 2 aromatic rings. The van der Waals surface area contributed by atoms with Gasteiger partial charge < -0.3 is 4.23 Å². The lowest BCUT2D eigenvalue weighted by Crippen LogP contribution is -2.51. The first-order chi connectivity index (χ1) is 12.0. The van der Waals surface area contributed by atoms with Gasteiger partial charge >= 0.3 is 0 Å². The third-order valence-electron chi connectivity index (χ3n) is 5.63. The van der Waals surface area contributed by atoms with Gasteiger partial charge in [0.15, 0.2) is 8.24 Å². The van der Waals surface area contributed by atoms with Crippen molar-refractivity contribution in [3.8, 4) is 0 Å². The number of nitrogens with zero attached hydrogens (tertiary/aromatic N) is 1. The number of aromatic nitrogens is 1. The number of hydrogen-bond acceptors (Lipinski definition) is 3. The highest BCUT2D eigenvalue weighted by atomic mass is 32.2. The standard InChI is InChI=1S/C20H33NO3SSi/c1-15(2)26(16(3)4,17(5)6)21-12-10-19-14-18(8-9-20(19)21)11-13-24-25(7,22)23/h8-10,12,14-17H,11,13H2,1-7H3. The Labute approximate surface area is 159 Å². The number of hydrogen-bond donors (Lipinski definition) is 0. The van der Waals surface area contributed by atoms with Gasteiger partial charge in [-0.3, -0.25) is 4.18 Å². The molecule has 0 radical (unpaired) electrons. The largest absolute Gasteiger partial charge is 0.373 e. The first-order valence-electron chi connectivity index (χ1n) is 9.45. The van der Waals surface area contributed by atoms with Crippen molar-refractivity contribution >= 4 is 29.3 Å². The zero-order chi connectivity index (χ0) is 19.7. The van der Waals surface area contributed by atoms with Crippen molar-refractivity contribution in [2.75, 3.05) is 12.9 Å². The van der Waals surface area contributed by atoms with E-state index in [0.29, 0.717) is 23.0 Å². The normalized spacial score (nSPS) is 13.5. The van der Waals surface area contributed by atoms with Gasteiger partial charge in [-0.25, -0.2) is 0 Å². The highest BCUT2D eigenvalue weighted by molar-refractivity contribution is 7.85. The van der Waals surface area contributed by atoms with Crippen LogP contribution in [0.3, 0.4) is 0 Å². The van der Waals surface area contributed by atoms with Crippen LogP contribution in [0, 0.1) is 0 Å². The van der Waals surface area contributed by atoms with Crippen LogP contribution in [-0.2, 0) is 20.7 Å². The summed E-state index contributed by atoms with van der Waals surface area (Å²) in [7, 11) is -5.15. The molecule has 4 nitrogen and oxygen atoms in total. The smallest absolute Gasteiger partial charge is 0.264 e. The molecule has 2 rings (SSSR count). The monoisotopic (exact) mass is 395 g/mol. The van der Waals surface area contributed by atoms with Crippen LogP contribution in [-0.4, -0.2) is 33.7 Å². The first kappa shape index (κ1) is 21.2. The van der Waals surface area contributed by atoms with Crippen molar-refractivity contribution in [1.29, 1.82) is 0 Å². The fraction of sp³-hybridized carbons (Fsp3) is 0.600. The van der Waals surface area contributed by atoms with E-state index in [1.807, 2.05) is 0 Å². The van der Waals surface area contributed by atoms with Crippen LogP contribution in [0.15, 0.2) is 30.5 Å². The Morgan fingerprint density at radius 1 is 1.00 bits per heavy atom. The predicted molar refractivity (Wildman–Crippen MR) is 113 cm³/mol. The van der Waals surface area contributed by atoms with Crippen molar-refractivity contribution in [1.82, 2.24) is 4.23 Å². The Morgan fingerprint density at radius 3 is 2.08 bits per heavy atom.